The van der Waals surface area contributed by atoms with Crippen molar-refractivity contribution in [3.8, 4) is 0 Å². The van der Waals surface area contributed by atoms with Gasteiger partial charge in [0.25, 0.3) is 0 Å². The third-order valence-corrected chi connectivity index (χ3v) is 11.6. The normalized spacial score (nSPS) is 36.7. The Balaban J connectivity index is 0.000000791. The molecule has 0 aromatic carbocycles. The zero-order chi connectivity index (χ0) is 28.6. The second kappa shape index (κ2) is 15.8. The van der Waals surface area contributed by atoms with Gasteiger partial charge in [-0.15, -0.1) is 0 Å². The number of fused-ring (bicyclic) bond motifs is 5. The van der Waals surface area contributed by atoms with Gasteiger partial charge in [0.05, 0.1) is 25.1 Å². The lowest BCUT2D eigenvalue weighted by Crippen LogP contribution is -2.59. The Hall–Kier alpha value is 0.645. The van der Waals surface area contributed by atoms with E-state index in [-0.39, 0.29) is 22.5 Å². The first-order valence-corrected chi connectivity index (χ1v) is 17.2. The smallest absolute Gasteiger partial charge is 0.405 e. The summed E-state index contributed by atoms with van der Waals surface area (Å²) < 4.78 is 23.7. The molecule has 5 aliphatic rings. The van der Waals surface area contributed by atoms with E-state index in [1.165, 1.54) is 24.8 Å². The first-order chi connectivity index (χ1) is 18.4. The van der Waals surface area contributed by atoms with Crippen LogP contribution >= 0.6 is 34.4 Å². The summed E-state index contributed by atoms with van der Waals surface area (Å²) in [6.07, 6.45) is 9.20. The molecule has 6 nitrogen and oxygen atoms in total. The number of rotatable bonds is 6. The number of ether oxygens (including phenoxy) is 2. The number of hydrogen-bond acceptors (Lipinski definition) is 7. The molecule has 0 radical (unpaired) electrons. The van der Waals surface area contributed by atoms with Crippen LogP contribution in [0.2, 0.25) is 0 Å². The highest BCUT2D eigenvalue weighted by Crippen LogP contribution is 2.65. The van der Waals surface area contributed by atoms with Crippen molar-refractivity contribution in [3.05, 3.63) is 11.6 Å². The first kappa shape index (κ1) is 34.8. The fourth-order valence-corrected chi connectivity index (χ4v) is 9.19. The number of aliphatic hydroxyl groups excluding tert-OH is 1. The van der Waals surface area contributed by atoms with Crippen LogP contribution in [-0.2, 0) is 18.2 Å². The Bertz CT molecular complexity index is 742. The molecule has 2 heterocycles. The molecule has 2 saturated carbocycles. The highest BCUT2D eigenvalue weighted by molar-refractivity contribution is 14.1. The standard InChI is InChI=1S/C23H37BINO5S.3C2H6/c1-21-7-8-23(29-12-13-30-23)15-16(21)14-19(32-31-24(25)28-3)20-17(21)4-6-22(2)18(20)5-9-26(22)10-11-27;3*1-2/h14,17-20,27H,4-13,15H2,1-3H3;3*1-2H3. The number of likely N-dealkylation sites (tertiary alicyclic amines) is 1. The van der Waals surface area contributed by atoms with Crippen molar-refractivity contribution in [2.24, 2.45) is 23.2 Å². The summed E-state index contributed by atoms with van der Waals surface area (Å²) in [5.41, 5.74) is 1.89. The van der Waals surface area contributed by atoms with Crippen molar-refractivity contribution < 1.29 is 23.3 Å². The Morgan fingerprint density at radius 1 is 1.05 bits per heavy atom. The summed E-state index contributed by atoms with van der Waals surface area (Å²) in [5, 5.41) is 9.97. The Kier molecular flexibility index (Phi) is 14.4. The molecule has 0 bridgehead atoms. The molecule has 3 aliphatic carbocycles. The van der Waals surface area contributed by atoms with Crippen molar-refractivity contribution in [2.75, 3.05) is 40.0 Å². The van der Waals surface area contributed by atoms with Crippen LogP contribution in [-0.4, -0.2) is 71.6 Å². The van der Waals surface area contributed by atoms with Crippen molar-refractivity contribution in [3.63, 3.8) is 0 Å². The number of halogens is 1. The summed E-state index contributed by atoms with van der Waals surface area (Å²) in [7, 11) is 1.69. The van der Waals surface area contributed by atoms with Crippen molar-refractivity contribution in [2.45, 2.75) is 110 Å². The van der Waals surface area contributed by atoms with Crippen LogP contribution in [0.15, 0.2) is 11.6 Å². The fourth-order valence-electron chi connectivity index (χ4n) is 7.81. The maximum atomic E-state index is 9.67. The van der Waals surface area contributed by atoms with E-state index >= 15 is 0 Å². The maximum absolute atomic E-state index is 9.67. The van der Waals surface area contributed by atoms with Crippen molar-refractivity contribution >= 4 is 39.4 Å². The monoisotopic (exact) mass is 667 g/mol. The molecular formula is C29H55BINO5S. The molecule has 222 valence electrons. The zero-order valence-corrected chi connectivity index (χ0v) is 28.5. The average Bonchev–Trinajstić information content (AvgIpc) is 3.55. The van der Waals surface area contributed by atoms with Crippen LogP contribution in [0.25, 0.3) is 0 Å². The van der Waals surface area contributed by atoms with Gasteiger partial charge in [-0.05, 0) is 74.4 Å². The third kappa shape index (κ3) is 6.82. The molecule has 38 heavy (non-hydrogen) atoms. The van der Waals surface area contributed by atoms with E-state index < -0.39 is 5.79 Å². The van der Waals surface area contributed by atoms with Crippen LogP contribution in [0.3, 0.4) is 0 Å². The molecule has 1 spiro atoms. The van der Waals surface area contributed by atoms with E-state index in [4.69, 9.17) is 18.2 Å². The molecule has 6 unspecified atom stereocenters. The molecule has 0 aromatic heterocycles. The number of aliphatic hydroxyl groups is 1. The second-order valence-corrected chi connectivity index (χ2v) is 12.7. The van der Waals surface area contributed by atoms with E-state index in [9.17, 15) is 5.11 Å². The lowest BCUT2D eigenvalue weighted by Gasteiger charge is -2.60. The van der Waals surface area contributed by atoms with E-state index in [1.807, 2.05) is 41.5 Å². The minimum atomic E-state index is -0.402. The number of β-amino-alcohol motifs (C(OH)–C–C–N with tert-alkyl or cyclic N) is 1. The van der Waals surface area contributed by atoms with Crippen LogP contribution in [0.1, 0.15) is 93.9 Å². The lowest BCUT2D eigenvalue weighted by molar-refractivity contribution is -0.184. The zero-order valence-electron chi connectivity index (χ0n) is 25.6. The molecule has 6 atom stereocenters. The Morgan fingerprint density at radius 2 is 1.71 bits per heavy atom. The predicted octanol–water partition coefficient (Wildman–Crippen LogP) is 7.14. The molecule has 1 N–H and O–H groups in total. The average molecular weight is 668 g/mol. The first-order valence-electron chi connectivity index (χ1n) is 15.2. The van der Waals surface area contributed by atoms with E-state index in [2.05, 4.69) is 47.2 Å². The Labute approximate surface area is 251 Å². The fraction of sp³-hybridized carbons (Fsp3) is 0.931. The SMILES string of the molecule is CC.CC.CC.COB(I)OSC1C=C2CC3(CCC2(C)C2CCC4(C)C(CCN4CCO)C12)OCCO3. The maximum Gasteiger partial charge on any atom is 0.543 e. The van der Waals surface area contributed by atoms with Crippen LogP contribution < -0.4 is 0 Å². The van der Waals surface area contributed by atoms with Crippen LogP contribution in [0, 0.1) is 23.2 Å². The summed E-state index contributed by atoms with van der Waals surface area (Å²) in [5.74, 6) is 1.43. The minimum Gasteiger partial charge on any atom is -0.405 e. The number of nitrogens with zero attached hydrogens (tertiary/aromatic N) is 1. The highest BCUT2D eigenvalue weighted by atomic mass is 127. The molecule has 0 aromatic rings. The van der Waals surface area contributed by atoms with Gasteiger partial charge < -0.3 is 23.3 Å². The minimum absolute atomic E-state index is 0.170. The molecule has 2 saturated heterocycles. The topological polar surface area (TPSA) is 60.4 Å². The van der Waals surface area contributed by atoms with Crippen LogP contribution in [0.4, 0.5) is 0 Å². The van der Waals surface area contributed by atoms with Gasteiger partial charge in [0.15, 0.2) is 5.79 Å². The van der Waals surface area contributed by atoms with Gasteiger partial charge in [-0.1, -0.05) is 82.5 Å². The van der Waals surface area contributed by atoms with E-state index in [0.717, 1.165) is 32.4 Å². The van der Waals surface area contributed by atoms with E-state index in [1.54, 1.807) is 19.2 Å². The summed E-state index contributed by atoms with van der Waals surface area (Å²) in [4.78, 5) is 2.30. The van der Waals surface area contributed by atoms with Crippen molar-refractivity contribution in [1.29, 1.82) is 0 Å². The van der Waals surface area contributed by atoms with Gasteiger partial charge in [0.1, 0.15) is 0 Å². The van der Waals surface area contributed by atoms with Gasteiger partial charge >= 0.3 is 4.97 Å². The largest absolute Gasteiger partial charge is 0.543 e. The Morgan fingerprint density at radius 3 is 2.32 bits per heavy atom. The van der Waals surface area contributed by atoms with Gasteiger partial charge in [0.2, 0.25) is 0 Å². The van der Waals surface area contributed by atoms with Gasteiger partial charge in [-0.2, -0.15) is 0 Å². The van der Waals surface area contributed by atoms with Crippen molar-refractivity contribution in [1.82, 2.24) is 4.90 Å². The van der Waals surface area contributed by atoms with Gasteiger partial charge in [-0.25, -0.2) is 0 Å². The molecule has 4 fully saturated rings. The molecule has 5 rings (SSSR count). The number of hydrogen-bond donors (Lipinski definition) is 1. The molecular weight excluding hydrogens is 612 g/mol. The van der Waals surface area contributed by atoms with Gasteiger partial charge in [0, 0.05) is 32.0 Å². The second-order valence-electron chi connectivity index (χ2n) is 10.7. The lowest BCUT2D eigenvalue weighted by atomic mass is 9.48. The quantitative estimate of drug-likeness (QED) is 0.140. The molecule has 2 aliphatic heterocycles. The summed E-state index contributed by atoms with van der Waals surface area (Å²) in [6.45, 7) is 20.5. The van der Waals surface area contributed by atoms with Gasteiger partial charge in [-0.3, -0.25) is 4.90 Å². The summed E-state index contributed by atoms with van der Waals surface area (Å²) in [6, 6.07) is 0. The highest BCUT2D eigenvalue weighted by Gasteiger charge is 2.62. The molecule has 9 heteroatoms. The van der Waals surface area contributed by atoms with Crippen LogP contribution in [0.5, 0.6) is 0 Å². The molecule has 0 amide bonds. The van der Waals surface area contributed by atoms with E-state index in [0.29, 0.717) is 36.2 Å². The predicted molar refractivity (Wildman–Crippen MR) is 169 cm³/mol. The third-order valence-electron chi connectivity index (χ3n) is 9.51. The summed E-state index contributed by atoms with van der Waals surface area (Å²) >= 11 is 3.81.